The van der Waals surface area contributed by atoms with Crippen LogP contribution in [0.2, 0.25) is 0 Å². The van der Waals surface area contributed by atoms with Crippen molar-refractivity contribution in [1.82, 2.24) is 0 Å². The molecule has 0 aliphatic heterocycles. The maximum atomic E-state index is 7.50. The van der Waals surface area contributed by atoms with Gasteiger partial charge in [0, 0.05) is 10.7 Å². The first kappa shape index (κ1) is 13.9. The monoisotopic (exact) mass is 242 g/mol. The third-order valence-corrected chi connectivity index (χ3v) is 5.05. The first-order valence-corrected chi connectivity index (χ1v) is 7.53. The molecule has 94 valence electrons. The van der Waals surface area contributed by atoms with Gasteiger partial charge in [0.25, 0.3) is 0 Å². The lowest BCUT2D eigenvalue weighted by molar-refractivity contribution is 0.463. The number of amidine groups is 1. The number of hydrogen-bond donors (Lipinski definition) is 2. The molecule has 0 atom stereocenters. The van der Waals surface area contributed by atoms with E-state index in [4.69, 9.17) is 11.1 Å². The summed E-state index contributed by atoms with van der Waals surface area (Å²) < 4.78 is 0. The van der Waals surface area contributed by atoms with Crippen molar-refractivity contribution in [2.45, 2.75) is 64.0 Å². The molecular formula is C13H26N2S. The molecule has 1 aliphatic rings. The van der Waals surface area contributed by atoms with E-state index in [2.05, 4.69) is 25.6 Å². The van der Waals surface area contributed by atoms with Crippen molar-refractivity contribution in [3.8, 4) is 0 Å². The van der Waals surface area contributed by atoms with Gasteiger partial charge in [-0.1, -0.05) is 33.1 Å². The minimum Gasteiger partial charge on any atom is -0.387 e. The second-order valence-electron chi connectivity index (χ2n) is 5.53. The molecular weight excluding hydrogens is 216 g/mol. The van der Waals surface area contributed by atoms with Gasteiger partial charge in [0.15, 0.2) is 0 Å². The molecule has 1 aliphatic carbocycles. The van der Waals surface area contributed by atoms with Gasteiger partial charge in [-0.05, 0) is 31.4 Å². The fourth-order valence-electron chi connectivity index (χ4n) is 2.13. The average molecular weight is 242 g/mol. The van der Waals surface area contributed by atoms with E-state index in [1.165, 1.54) is 44.3 Å². The summed E-state index contributed by atoms with van der Waals surface area (Å²) in [6.45, 7) is 4.14. The zero-order valence-electron chi connectivity index (χ0n) is 10.7. The van der Waals surface area contributed by atoms with Crippen molar-refractivity contribution < 1.29 is 0 Å². The highest BCUT2D eigenvalue weighted by atomic mass is 32.2. The fraction of sp³-hybridized carbons (Fsp3) is 0.923. The van der Waals surface area contributed by atoms with E-state index >= 15 is 0 Å². The Balaban J connectivity index is 2.09. The largest absolute Gasteiger partial charge is 0.387 e. The summed E-state index contributed by atoms with van der Waals surface area (Å²) in [4.78, 5) is 0. The molecule has 0 aromatic rings. The predicted octanol–water partition coefficient (Wildman–Crippen LogP) is 3.79. The molecule has 3 N–H and O–H groups in total. The van der Waals surface area contributed by atoms with Crippen LogP contribution in [0.4, 0.5) is 0 Å². The third-order valence-electron chi connectivity index (χ3n) is 3.58. The van der Waals surface area contributed by atoms with Gasteiger partial charge in [0.1, 0.15) is 0 Å². The summed E-state index contributed by atoms with van der Waals surface area (Å²) in [6.07, 6.45) is 9.36. The first-order valence-electron chi connectivity index (χ1n) is 6.48. The number of rotatable bonds is 6. The minimum absolute atomic E-state index is 0.104. The van der Waals surface area contributed by atoms with Crippen LogP contribution in [-0.2, 0) is 0 Å². The van der Waals surface area contributed by atoms with Gasteiger partial charge in [-0.2, -0.15) is 11.8 Å². The zero-order chi connectivity index (χ0) is 12.0. The van der Waals surface area contributed by atoms with E-state index < -0.39 is 0 Å². The molecule has 0 spiro atoms. The molecule has 2 nitrogen and oxygen atoms in total. The molecule has 0 aromatic carbocycles. The van der Waals surface area contributed by atoms with Crippen LogP contribution in [0.15, 0.2) is 0 Å². The third kappa shape index (κ3) is 4.77. The van der Waals surface area contributed by atoms with E-state index in [-0.39, 0.29) is 5.41 Å². The summed E-state index contributed by atoms with van der Waals surface area (Å²) in [6, 6.07) is 0. The lowest BCUT2D eigenvalue weighted by atomic mass is 9.87. The van der Waals surface area contributed by atoms with Crippen molar-refractivity contribution in [2.75, 3.05) is 5.75 Å². The second kappa shape index (κ2) is 6.53. The Hall–Kier alpha value is -0.180. The molecule has 0 unspecified atom stereocenters. The number of nitrogens with two attached hydrogens (primary N) is 1. The Labute approximate surface area is 104 Å². The predicted molar refractivity (Wildman–Crippen MR) is 74.3 cm³/mol. The van der Waals surface area contributed by atoms with Gasteiger partial charge in [0.2, 0.25) is 0 Å². The molecule has 0 saturated heterocycles. The van der Waals surface area contributed by atoms with Gasteiger partial charge < -0.3 is 5.73 Å². The topological polar surface area (TPSA) is 49.9 Å². The second-order valence-corrected chi connectivity index (χ2v) is 6.94. The van der Waals surface area contributed by atoms with E-state index in [1.54, 1.807) is 0 Å². The summed E-state index contributed by atoms with van der Waals surface area (Å²) >= 11 is 2.14. The highest BCUT2D eigenvalue weighted by Gasteiger charge is 2.21. The van der Waals surface area contributed by atoms with Crippen molar-refractivity contribution in [3.05, 3.63) is 0 Å². The van der Waals surface area contributed by atoms with E-state index in [0.717, 1.165) is 11.7 Å². The highest BCUT2D eigenvalue weighted by molar-refractivity contribution is 7.99. The van der Waals surface area contributed by atoms with Crippen LogP contribution in [-0.4, -0.2) is 16.8 Å². The van der Waals surface area contributed by atoms with Crippen molar-refractivity contribution in [1.29, 1.82) is 5.41 Å². The Morgan fingerprint density at radius 2 is 1.94 bits per heavy atom. The van der Waals surface area contributed by atoms with Crippen LogP contribution in [0.5, 0.6) is 0 Å². The van der Waals surface area contributed by atoms with Crippen molar-refractivity contribution in [3.63, 3.8) is 0 Å². The summed E-state index contributed by atoms with van der Waals surface area (Å²) in [5.41, 5.74) is 5.47. The average Bonchev–Trinajstić information content (AvgIpc) is 2.26. The smallest absolute Gasteiger partial charge is 0.0963 e. The lowest BCUT2D eigenvalue weighted by Gasteiger charge is -2.24. The van der Waals surface area contributed by atoms with Gasteiger partial charge in [-0.25, -0.2) is 0 Å². The molecule has 16 heavy (non-hydrogen) atoms. The van der Waals surface area contributed by atoms with Gasteiger partial charge >= 0.3 is 0 Å². The van der Waals surface area contributed by atoms with Crippen LogP contribution in [0.1, 0.15) is 58.8 Å². The SMILES string of the molecule is CC(C)(CCCSC1CCCCC1)C(=N)N. The van der Waals surface area contributed by atoms with E-state index in [0.29, 0.717) is 5.84 Å². The van der Waals surface area contributed by atoms with Gasteiger partial charge in [-0.3, -0.25) is 5.41 Å². The number of hydrogen-bond acceptors (Lipinski definition) is 2. The molecule has 1 rings (SSSR count). The van der Waals surface area contributed by atoms with E-state index in [1.807, 2.05) is 0 Å². The van der Waals surface area contributed by atoms with Crippen LogP contribution in [0, 0.1) is 10.8 Å². The Bertz CT molecular complexity index is 220. The molecule has 1 saturated carbocycles. The maximum absolute atomic E-state index is 7.50. The van der Waals surface area contributed by atoms with Crippen LogP contribution >= 0.6 is 11.8 Å². The molecule has 0 heterocycles. The quantitative estimate of drug-likeness (QED) is 0.423. The number of thioether (sulfide) groups is 1. The molecule has 0 aromatic heterocycles. The van der Waals surface area contributed by atoms with Crippen molar-refractivity contribution in [2.24, 2.45) is 11.1 Å². The number of nitrogens with one attached hydrogen (secondary N) is 1. The molecule has 0 radical (unpaired) electrons. The standard InChI is InChI=1S/C13H26N2S/c1-13(2,12(14)15)9-6-10-16-11-7-4-3-5-8-11/h11H,3-10H2,1-2H3,(H3,14,15). The van der Waals surface area contributed by atoms with E-state index in [9.17, 15) is 0 Å². The normalized spacial score (nSPS) is 18.6. The first-order chi connectivity index (χ1) is 7.52. The Morgan fingerprint density at radius 1 is 1.31 bits per heavy atom. The molecule has 3 heteroatoms. The lowest BCUT2D eigenvalue weighted by Crippen LogP contribution is -2.30. The van der Waals surface area contributed by atoms with Crippen LogP contribution < -0.4 is 5.73 Å². The minimum atomic E-state index is -0.104. The molecule has 0 bridgehead atoms. The van der Waals surface area contributed by atoms with Crippen LogP contribution in [0.3, 0.4) is 0 Å². The Morgan fingerprint density at radius 3 is 2.50 bits per heavy atom. The highest BCUT2D eigenvalue weighted by Crippen LogP contribution is 2.30. The summed E-state index contributed by atoms with van der Waals surface area (Å²) in [7, 11) is 0. The Kier molecular flexibility index (Phi) is 5.67. The van der Waals surface area contributed by atoms with Crippen LogP contribution in [0.25, 0.3) is 0 Å². The maximum Gasteiger partial charge on any atom is 0.0963 e. The fourth-order valence-corrected chi connectivity index (χ4v) is 3.44. The zero-order valence-corrected chi connectivity index (χ0v) is 11.5. The molecule has 1 fully saturated rings. The van der Waals surface area contributed by atoms with Gasteiger partial charge in [-0.15, -0.1) is 0 Å². The molecule has 0 amide bonds. The summed E-state index contributed by atoms with van der Waals surface area (Å²) in [5.74, 6) is 1.57. The van der Waals surface area contributed by atoms with Gasteiger partial charge in [0.05, 0.1) is 5.84 Å². The van der Waals surface area contributed by atoms with Crippen molar-refractivity contribution >= 4 is 17.6 Å². The summed E-state index contributed by atoms with van der Waals surface area (Å²) in [5, 5.41) is 8.41.